The minimum Gasteiger partial charge on any atom is -0.393 e. The molecule has 6 N–H and O–H groups in total. The molecule has 0 aromatic heterocycles. The Morgan fingerprint density at radius 2 is 2.07 bits per heavy atom. The van der Waals surface area contributed by atoms with Crippen LogP contribution >= 0.6 is 0 Å². The molecule has 8 nitrogen and oxygen atoms in total. The van der Waals surface area contributed by atoms with E-state index in [0.717, 1.165) is 32.4 Å². The van der Waals surface area contributed by atoms with Crippen LogP contribution in [0.2, 0.25) is 0 Å². The van der Waals surface area contributed by atoms with Crippen LogP contribution in [0, 0.1) is 11.8 Å². The van der Waals surface area contributed by atoms with Crippen LogP contribution in [0.1, 0.15) is 44.9 Å². The number of hydroxylamine groups is 1. The van der Waals surface area contributed by atoms with Gasteiger partial charge in [-0.15, -0.1) is 0 Å². The van der Waals surface area contributed by atoms with Gasteiger partial charge in [0, 0.05) is 38.2 Å². The summed E-state index contributed by atoms with van der Waals surface area (Å²) >= 11 is 0. The SMILES string of the molecule is COC1CCC(C[NH+]2CCCC2C2NC(C3CCC(N(C)C)[NH2+]C3)NO2)C(O)C1. The summed E-state index contributed by atoms with van der Waals surface area (Å²) in [6.07, 6.45) is 8.78. The third-order valence-electron chi connectivity index (χ3n) is 8.01. The van der Waals surface area contributed by atoms with Crippen molar-refractivity contribution in [3.8, 4) is 0 Å². The zero-order valence-corrected chi connectivity index (χ0v) is 18.5. The highest BCUT2D eigenvalue weighted by atomic mass is 16.7. The van der Waals surface area contributed by atoms with E-state index in [1.165, 1.54) is 32.2 Å². The average molecular weight is 414 g/mol. The standard InChI is InChI=1S/C21H41N5O3/c1-25(2)19-9-7-14(12-22-19)20-23-21(29-24-20)17-5-4-10-26(17)13-15-6-8-16(28-3)11-18(15)27/h14-24,27H,4-13H2,1-3H3/p+2. The molecule has 3 heterocycles. The molecule has 1 saturated carbocycles. The second-order valence-corrected chi connectivity index (χ2v) is 10.00. The van der Waals surface area contributed by atoms with E-state index in [4.69, 9.17) is 9.57 Å². The molecule has 0 spiro atoms. The number of rotatable bonds is 6. The van der Waals surface area contributed by atoms with Crippen LogP contribution in [0.15, 0.2) is 0 Å². The Morgan fingerprint density at radius 3 is 2.76 bits per heavy atom. The summed E-state index contributed by atoms with van der Waals surface area (Å²) in [6.45, 7) is 3.38. The quantitative estimate of drug-likeness (QED) is 0.341. The lowest BCUT2D eigenvalue weighted by Gasteiger charge is -2.35. The number of nitrogens with one attached hydrogen (secondary N) is 3. The van der Waals surface area contributed by atoms with Crippen LogP contribution in [0.25, 0.3) is 0 Å². The van der Waals surface area contributed by atoms with Crippen LogP contribution in [0.3, 0.4) is 0 Å². The van der Waals surface area contributed by atoms with Gasteiger partial charge in [0.1, 0.15) is 12.2 Å². The summed E-state index contributed by atoms with van der Waals surface area (Å²) in [5, 5.41) is 16.8. The number of aliphatic hydroxyl groups excluding tert-OH is 1. The Balaban J connectivity index is 1.26. The molecule has 8 heteroatoms. The van der Waals surface area contributed by atoms with Gasteiger partial charge in [0.25, 0.3) is 0 Å². The fourth-order valence-corrected chi connectivity index (χ4v) is 6.06. The van der Waals surface area contributed by atoms with Gasteiger partial charge in [0.15, 0.2) is 6.23 Å². The third kappa shape index (κ3) is 5.13. The number of quaternary nitrogens is 2. The Morgan fingerprint density at radius 1 is 1.21 bits per heavy atom. The van der Waals surface area contributed by atoms with Gasteiger partial charge in [-0.25, -0.2) is 0 Å². The zero-order valence-electron chi connectivity index (χ0n) is 18.5. The molecule has 29 heavy (non-hydrogen) atoms. The van der Waals surface area contributed by atoms with Gasteiger partial charge in [0.2, 0.25) is 0 Å². The molecule has 0 amide bonds. The van der Waals surface area contributed by atoms with Gasteiger partial charge in [-0.05, 0) is 39.8 Å². The van der Waals surface area contributed by atoms with Crippen molar-refractivity contribution in [2.45, 2.75) is 81.8 Å². The molecular weight excluding hydrogens is 370 g/mol. The van der Waals surface area contributed by atoms with Gasteiger partial charge >= 0.3 is 0 Å². The van der Waals surface area contributed by atoms with E-state index in [0.29, 0.717) is 24.0 Å². The highest BCUT2D eigenvalue weighted by Crippen LogP contribution is 2.26. The molecule has 3 aliphatic heterocycles. The van der Waals surface area contributed by atoms with Gasteiger partial charge in [-0.1, -0.05) is 0 Å². The lowest BCUT2D eigenvalue weighted by molar-refractivity contribution is -0.920. The van der Waals surface area contributed by atoms with Crippen LogP contribution < -0.4 is 21.0 Å². The summed E-state index contributed by atoms with van der Waals surface area (Å²) in [6, 6.07) is 0.474. The second kappa shape index (κ2) is 9.87. The summed E-state index contributed by atoms with van der Waals surface area (Å²) < 4.78 is 5.46. The van der Waals surface area contributed by atoms with E-state index in [1.54, 1.807) is 12.0 Å². The normalized spacial score (nSPS) is 46.4. The zero-order chi connectivity index (χ0) is 20.4. The van der Waals surface area contributed by atoms with E-state index in [2.05, 4.69) is 35.1 Å². The van der Waals surface area contributed by atoms with Crippen molar-refractivity contribution in [3.05, 3.63) is 0 Å². The van der Waals surface area contributed by atoms with Gasteiger partial charge in [0.05, 0.1) is 38.0 Å². The van der Waals surface area contributed by atoms with Crippen molar-refractivity contribution in [3.63, 3.8) is 0 Å². The molecule has 4 aliphatic rings. The molecular formula is C21H43N5O3+2. The van der Waals surface area contributed by atoms with Crippen molar-refractivity contribution >= 4 is 0 Å². The largest absolute Gasteiger partial charge is 0.393 e. The average Bonchev–Trinajstić information content (AvgIpc) is 3.39. The maximum atomic E-state index is 10.6. The predicted octanol–water partition coefficient (Wildman–Crippen LogP) is -2.15. The highest BCUT2D eigenvalue weighted by Gasteiger charge is 2.45. The minimum atomic E-state index is -0.229. The number of nitrogens with two attached hydrogens (primary N) is 1. The molecule has 0 aromatic carbocycles. The van der Waals surface area contributed by atoms with Crippen LogP contribution in [0.5, 0.6) is 0 Å². The molecule has 9 unspecified atom stereocenters. The van der Waals surface area contributed by atoms with Crippen molar-refractivity contribution in [2.24, 2.45) is 11.8 Å². The Kier molecular flexibility index (Phi) is 7.45. The molecule has 1 aliphatic carbocycles. The maximum Gasteiger partial charge on any atom is 0.183 e. The fourth-order valence-electron chi connectivity index (χ4n) is 6.06. The van der Waals surface area contributed by atoms with Crippen molar-refractivity contribution in [2.75, 3.05) is 40.8 Å². The molecule has 0 aromatic rings. The lowest BCUT2D eigenvalue weighted by atomic mass is 9.84. The molecule has 4 rings (SSSR count). The smallest absolute Gasteiger partial charge is 0.183 e. The summed E-state index contributed by atoms with van der Waals surface area (Å²) in [7, 11) is 6.10. The number of methoxy groups -OCH3 is 1. The highest BCUT2D eigenvalue weighted by molar-refractivity contribution is 4.85. The summed E-state index contributed by atoms with van der Waals surface area (Å²) in [5.41, 5.74) is 3.32. The first kappa shape index (κ1) is 21.9. The number of hydrogen-bond acceptors (Lipinski definition) is 6. The van der Waals surface area contributed by atoms with Gasteiger partial charge in [-0.2, -0.15) is 5.48 Å². The number of nitrogens with zero attached hydrogens (tertiary/aromatic N) is 1. The molecule has 0 bridgehead atoms. The van der Waals surface area contributed by atoms with E-state index in [9.17, 15) is 5.11 Å². The van der Waals surface area contributed by atoms with Crippen LogP contribution in [-0.2, 0) is 9.57 Å². The topological polar surface area (TPSA) is 87.0 Å². The van der Waals surface area contributed by atoms with Crippen molar-refractivity contribution < 1.29 is 24.9 Å². The minimum absolute atomic E-state index is 0.0801. The number of hydrogen-bond donors (Lipinski definition) is 5. The first-order valence-corrected chi connectivity index (χ1v) is 11.8. The Hall–Kier alpha value is -0.320. The van der Waals surface area contributed by atoms with E-state index in [-0.39, 0.29) is 24.6 Å². The Bertz CT molecular complexity index is 517. The molecule has 168 valence electrons. The van der Waals surface area contributed by atoms with Crippen LogP contribution in [0.4, 0.5) is 0 Å². The summed E-state index contributed by atoms with van der Waals surface area (Å²) in [4.78, 5) is 9.99. The third-order valence-corrected chi connectivity index (χ3v) is 8.01. The number of piperidine rings is 1. The predicted molar refractivity (Wildman–Crippen MR) is 110 cm³/mol. The van der Waals surface area contributed by atoms with Crippen molar-refractivity contribution in [1.82, 2.24) is 15.7 Å². The van der Waals surface area contributed by atoms with Crippen LogP contribution in [-0.4, -0.2) is 87.7 Å². The maximum absolute atomic E-state index is 10.6. The van der Waals surface area contributed by atoms with Gasteiger partial charge < -0.3 is 20.1 Å². The first-order chi connectivity index (χ1) is 14.0. The number of ether oxygens (including phenoxy) is 1. The molecule has 9 atom stereocenters. The lowest BCUT2D eigenvalue weighted by Crippen LogP contribution is -3.16. The second-order valence-electron chi connectivity index (χ2n) is 10.00. The monoisotopic (exact) mass is 413 g/mol. The van der Waals surface area contributed by atoms with E-state index in [1.807, 2.05) is 0 Å². The molecule has 0 radical (unpaired) electrons. The van der Waals surface area contributed by atoms with Gasteiger partial charge in [-0.3, -0.25) is 15.1 Å². The Labute approximate surface area is 175 Å². The van der Waals surface area contributed by atoms with E-state index < -0.39 is 0 Å². The first-order valence-electron chi connectivity index (χ1n) is 11.8. The molecule has 3 saturated heterocycles. The summed E-state index contributed by atoms with van der Waals surface area (Å²) in [5.74, 6) is 0.991. The molecule has 4 fully saturated rings. The number of aliphatic hydroxyl groups is 1. The number of likely N-dealkylation sites (tertiary alicyclic amines) is 1. The van der Waals surface area contributed by atoms with Crippen molar-refractivity contribution in [1.29, 1.82) is 0 Å². The fraction of sp³-hybridized carbons (Fsp3) is 1.00. The van der Waals surface area contributed by atoms with E-state index >= 15 is 0 Å².